The first-order chi connectivity index (χ1) is 10.6. The van der Waals surface area contributed by atoms with Crippen LogP contribution in [0.25, 0.3) is 0 Å². The van der Waals surface area contributed by atoms with Gasteiger partial charge in [0.25, 0.3) is 0 Å². The lowest BCUT2D eigenvalue weighted by Gasteiger charge is -2.33. The molecule has 0 aliphatic carbocycles. The Bertz CT molecular complexity index is 557. The van der Waals surface area contributed by atoms with E-state index in [0.717, 1.165) is 32.4 Å². The molecule has 1 aromatic heterocycles. The van der Waals surface area contributed by atoms with Crippen LogP contribution in [-0.4, -0.2) is 52.5 Å². The summed E-state index contributed by atoms with van der Waals surface area (Å²) in [5, 5.41) is 11.4. The highest BCUT2D eigenvalue weighted by Crippen LogP contribution is 2.24. The first-order valence-electron chi connectivity index (χ1n) is 7.95. The Morgan fingerprint density at radius 2 is 2.18 bits per heavy atom. The lowest BCUT2D eigenvalue weighted by molar-refractivity contribution is -0.145. The van der Waals surface area contributed by atoms with Crippen molar-refractivity contribution < 1.29 is 14.7 Å². The van der Waals surface area contributed by atoms with Crippen molar-refractivity contribution in [3.8, 4) is 0 Å². The molecule has 1 N–H and O–H groups in total. The third-order valence-corrected chi connectivity index (χ3v) is 5.69. The zero-order valence-corrected chi connectivity index (χ0v) is 13.5. The van der Waals surface area contributed by atoms with E-state index in [-0.39, 0.29) is 5.91 Å². The summed E-state index contributed by atoms with van der Waals surface area (Å²) >= 11 is 1.77. The van der Waals surface area contributed by atoms with E-state index in [9.17, 15) is 14.7 Å². The van der Waals surface area contributed by atoms with E-state index < -0.39 is 12.0 Å². The van der Waals surface area contributed by atoms with Crippen molar-refractivity contribution in [2.24, 2.45) is 0 Å². The highest BCUT2D eigenvalue weighted by molar-refractivity contribution is 7.10. The molecule has 6 heteroatoms. The zero-order valence-electron chi connectivity index (χ0n) is 12.7. The average molecular weight is 322 g/mol. The first kappa shape index (κ1) is 15.5. The number of rotatable bonds is 4. The number of carbonyl (C=O) groups excluding carboxylic acids is 1. The highest BCUT2D eigenvalue weighted by Gasteiger charge is 2.29. The molecule has 0 spiro atoms. The molecule has 1 saturated heterocycles. The molecular weight excluding hydrogens is 300 g/mol. The number of carboxylic acid groups (broad SMARTS) is 1. The molecule has 5 nitrogen and oxygen atoms in total. The van der Waals surface area contributed by atoms with E-state index in [0.29, 0.717) is 25.9 Å². The molecule has 1 aromatic rings. The Kier molecular flexibility index (Phi) is 4.78. The third-order valence-electron chi connectivity index (χ3n) is 4.67. The summed E-state index contributed by atoms with van der Waals surface area (Å²) in [6.45, 7) is 2.84. The SMILES string of the molecule is O=C(O)C1CCCCN1CCC(=O)N1CCc2sccc2C1. The maximum atomic E-state index is 12.4. The number of carbonyl (C=O) groups is 2. The van der Waals surface area contributed by atoms with Crippen LogP contribution in [0.1, 0.15) is 36.1 Å². The average Bonchev–Trinajstić information content (AvgIpc) is 3.00. The molecule has 0 saturated carbocycles. The van der Waals surface area contributed by atoms with Crippen LogP contribution in [0.5, 0.6) is 0 Å². The second-order valence-corrected chi connectivity index (χ2v) is 7.07. The van der Waals surface area contributed by atoms with Gasteiger partial charge in [0.1, 0.15) is 6.04 Å². The lowest BCUT2D eigenvalue weighted by atomic mass is 10.0. The minimum absolute atomic E-state index is 0.145. The molecule has 1 fully saturated rings. The maximum Gasteiger partial charge on any atom is 0.320 e. The van der Waals surface area contributed by atoms with Crippen LogP contribution >= 0.6 is 11.3 Å². The molecule has 2 aliphatic heterocycles. The van der Waals surface area contributed by atoms with Gasteiger partial charge in [0, 0.05) is 30.9 Å². The molecule has 3 heterocycles. The topological polar surface area (TPSA) is 60.9 Å². The van der Waals surface area contributed by atoms with Gasteiger partial charge in [-0.25, -0.2) is 0 Å². The van der Waals surface area contributed by atoms with E-state index in [1.165, 1.54) is 10.4 Å². The predicted molar refractivity (Wildman–Crippen MR) is 84.9 cm³/mol. The van der Waals surface area contributed by atoms with Crippen LogP contribution in [0.2, 0.25) is 0 Å². The van der Waals surface area contributed by atoms with Crippen LogP contribution in [0, 0.1) is 0 Å². The number of hydrogen-bond donors (Lipinski definition) is 1. The number of piperidine rings is 1. The van der Waals surface area contributed by atoms with Crippen LogP contribution in [0.3, 0.4) is 0 Å². The largest absolute Gasteiger partial charge is 0.480 e. The Hall–Kier alpha value is -1.40. The van der Waals surface area contributed by atoms with Crippen molar-refractivity contribution >= 4 is 23.2 Å². The quantitative estimate of drug-likeness (QED) is 0.920. The van der Waals surface area contributed by atoms with Gasteiger partial charge >= 0.3 is 5.97 Å². The zero-order chi connectivity index (χ0) is 15.5. The number of aliphatic carboxylic acids is 1. The Balaban J connectivity index is 1.53. The summed E-state index contributed by atoms with van der Waals surface area (Å²) < 4.78 is 0. The van der Waals surface area contributed by atoms with E-state index in [1.54, 1.807) is 11.3 Å². The van der Waals surface area contributed by atoms with Gasteiger partial charge in [-0.3, -0.25) is 14.5 Å². The van der Waals surface area contributed by atoms with Crippen LogP contribution in [0.4, 0.5) is 0 Å². The first-order valence-corrected chi connectivity index (χ1v) is 8.83. The van der Waals surface area contributed by atoms with Gasteiger partial charge in [-0.05, 0) is 42.8 Å². The summed E-state index contributed by atoms with van der Waals surface area (Å²) in [6, 6.07) is 1.69. The smallest absolute Gasteiger partial charge is 0.320 e. The number of thiophene rings is 1. The fourth-order valence-electron chi connectivity index (χ4n) is 3.40. The molecule has 1 amide bonds. The fraction of sp³-hybridized carbons (Fsp3) is 0.625. The van der Waals surface area contributed by atoms with Crippen LogP contribution in [0.15, 0.2) is 11.4 Å². The summed E-state index contributed by atoms with van der Waals surface area (Å²) in [5.41, 5.74) is 1.27. The molecule has 3 rings (SSSR count). The van der Waals surface area contributed by atoms with Crippen molar-refractivity contribution in [1.82, 2.24) is 9.80 Å². The molecule has 2 aliphatic rings. The summed E-state index contributed by atoms with van der Waals surface area (Å²) in [5.74, 6) is -0.611. The Labute approximate surface area is 134 Å². The third kappa shape index (κ3) is 3.33. The number of carboxylic acids is 1. The number of nitrogens with zero attached hydrogens (tertiary/aromatic N) is 2. The summed E-state index contributed by atoms with van der Waals surface area (Å²) in [6.07, 6.45) is 4.06. The van der Waals surface area contributed by atoms with E-state index in [2.05, 4.69) is 11.4 Å². The van der Waals surface area contributed by atoms with Gasteiger partial charge in [-0.15, -0.1) is 11.3 Å². The molecule has 1 unspecified atom stereocenters. The molecule has 1 atom stereocenters. The molecule has 0 radical (unpaired) electrons. The molecule has 0 bridgehead atoms. The Morgan fingerprint density at radius 1 is 1.32 bits per heavy atom. The standard InChI is InChI=1S/C16H22N2O3S/c19-15(18-8-4-14-12(11-18)6-10-22-14)5-9-17-7-2-1-3-13(17)16(20)21/h6,10,13H,1-5,7-9,11H2,(H,20,21). The maximum absolute atomic E-state index is 12.4. The number of amides is 1. The van der Waals surface area contributed by atoms with Crippen molar-refractivity contribution in [2.75, 3.05) is 19.6 Å². The van der Waals surface area contributed by atoms with E-state index in [1.807, 2.05) is 9.80 Å². The Morgan fingerprint density at radius 3 is 3.00 bits per heavy atom. The molecular formula is C16H22N2O3S. The number of hydrogen-bond acceptors (Lipinski definition) is 4. The fourth-order valence-corrected chi connectivity index (χ4v) is 4.29. The lowest BCUT2D eigenvalue weighted by Crippen LogP contribution is -2.46. The van der Waals surface area contributed by atoms with Gasteiger partial charge in [-0.2, -0.15) is 0 Å². The van der Waals surface area contributed by atoms with Crippen LogP contribution in [-0.2, 0) is 22.6 Å². The number of fused-ring (bicyclic) bond motifs is 1. The summed E-state index contributed by atoms with van der Waals surface area (Å²) in [4.78, 5) is 29.0. The molecule has 120 valence electrons. The normalized spacial score (nSPS) is 22.4. The van der Waals surface area contributed by atoms with Crippen molar-refractivity contribution in [2.45, 2.75) is 44.7 Å². The second kappa shape index (κ2) is 6.79. The van der Waals surface area contributed by atoms with Gasteiger partial charge in [-0.1, -0.05) is 6.42 Å². The van der Waals surface area contributed by atoms with E-state index >= 15 is 0 Å². The highest BCUT2D eigenvalue weighted by atomic mass is 32.1. The molecule has 22 heavy (non-hydrogen) atoms. The van der Waals surface area contributed by atoms with Gasteiger partial charge in [0.05, 0.1) is 0 Å². The minimum Gasteiger partial charge on any atom is -0.480 e. The minimum atomic E-state index is -0.756. The van der Waals surface area contributed by atoms with Gasteiger partial charge < -0.3 is 10.0 Å². The summed E-state index contributed by atoms with van der Waals surface area (Å²) in [7, 11) is 0. The monoisotopic (exact) mass is 322 g/mol. The predicted octanol–water partition coefficient (Wildman–Crippen LogP) is 1.96. The van der Waals surface area contributed by atoms with E-state index in [4.69, 9.17) is 0 Å². The van der Waals surface area contributed by atoms with Crippen molar-refractivity contribution in [3.05, 3.63) is 21.9 Å². The van der Waals surface area contributed by atoms with Crippen molar-refractivity contribution in [3.63, 3.8) is 0 Å². The van der Waals surface area contributed by atoms with Gasteiger partial charge in [0.15, 0.2) is 0 Å². The van der Waals surface area contributed by atoms with Gasteiger partial charge in [0.2, 0.25) is 5.91 Å². The molecule has 0 aromatic carbocycles. The number of likely N-dealkylation sites (tertiary alicyclic amines) is 1. The van der Waals surface area contributed by atoms with Crippen LogP contribution < -0.4 is 0 Å². The van der Waals surface area contributed by atoms with Crippen molar-refractivity contribution in [1.29, 1.82) is 0 Å². The second-order valence-electron chi connectivity index (χ2n) is 6.07.